The predicted molar refractivity (Wildman–Crippen MR) is 102 cm³/mol. The number of aryl methyl sites for hydroxylation is 1. The van der Waals surface area contributed by atoms with E-state index in [1.54, 1.807) is 24.5 Å². The lowest BCUT2D eigenvalue weighted by Crippen LogP contribution is -1.98. The Labute approximate surface area is 158 Å². The third kappa shape index (κ3) is 5.27. The number of nitrogens with zero attached hydrogens (tertiary/aromatic N) is 2. The van der Waals surface area contributed by atoms with Crippen LogP contribution in [0.5, 0.6) is 0 Å². The summed E-state index contributed by atoms with van der Waals surface area (Å²) in [4.78, 5) is 20.7. The van der Waals surface area contributed by atoms with E-state index in [0.29, 0.717) is 22.8 Å². The molecule has 2 aromatic heterocycles. The number of Topliss-reactive ketones (excluding diaryl/α,β-unsaturated/α-hetero) is 1. The number of halogens is 1. The van der Waals surface area contributed by atoms with Crippen molar-refractivity contribution in [3.8, 4) is 11.5 Å². The van der Waals surface area contributed by atoms with Crippen LogP contribution in [-0.4, -0.2) is 15.8 Å². The maximum absolute atomic E-state index is 12.1. The lowest BCUT2D eigenvalue weighted by Gasteiger charge is -2.02. The summed E-state index contributed by atoms with van der Waals surface area (Å²) in [6, 6.07) is 12.8. The summed E-state index contributed by atoms with van der Waals surface area (Å²) in [7, 11) is 0. The molecule has 0 atom stereocenters. The number of oxazole rings is 1. The minimum atomic E-state index is 0.153. The molecule has 0 aliphatic heterocycles. The average Bonchev–Trinajstić information content (AvgIpc) is 3.14. The highest BCUT2D eigenvalue weighted by Crippen LogP contribution is 2.19. The van der Waals surface area contributed by atoms with Crippen LogP contribution in [0.15, 0.2) is 59.3 Å². The molecule has 0 saturated carbocycles. The molecule has 0 spiro atoms. The number of unbranched alkanes of at least 4 members (excludes halogenated alkanes) is 3. The fraction of sp³-hybridized carbons (Fsp3) is 0.286. The average molecular weight is 369 g/mol. The number of carbonyl (C=O) groups is 1. The van der Waals surface area contributed by atoms with Gasteiger partial charge in [-0.2, -0.15) is 0 Å². The Morgan fingerprint density at radius 2 is 1.88 bits per heavy atom. The van der Waals surface area contributed by atoms with Crippen molar-refractivity contribution in [3.63, 3.8) is 0 Å². The van der Waals surface area contributed by atoms with Crippen LogP contribution in [0, 0.1) is 0 Å². The van der Waals surface area contributed by atoms with E-state index in [1.807, 2.05) is 30.3 Å². The van der Waals surface area contributed by atoms with Gasteiger partial charge in [-0.05, 0) is 37.1 Å². The molecule has 3 rings (SSSR count). The molecule has 0 radical (unpaired) electrons. The monoisotopic (exact) mass is 368 g/mol. The Balaban J connectivity index is 1.35. The topological polar surface area (TPSA) is 56.0 Å². The van der Waals surface area contributed by atoms with Crippen LogP contribution in [0.25, 0.3) is 11.5 Å². The fourth-order valence-corrected chi connectivity index (χ4v) is 2.96. The molecule has 26 heavy (non-hydrogen) atoms. The summed E-state index contributed by atoms with van der Waals surface area (Å²) in [6.45, 7) is 0. The first kappa shape index (κ1) is 18.3. The second-order valence-corrected chi connectivity index (χ2v) is 6.62. The SMILES string of the molecule is O=C(CCCCCCc1ncc(-c2ccccn2)o1)c1cccc(Cl)c1. The van der Waals surface area contributed by atoms with E-state index in [1.165, 1.54) is 0 Å². The largest absolute Gasteiger partial charge is 0.439 e. The van der Waals surface area contributed by atoms with Gasteiger partial charge < -0.3 is 4.42 Å². The Morgan fingerprint density at radius 3 is 2.69 bits per heavy atom. The molecule has 0 N–H and O–H groups in total. The second kappa shape index (κ2) is 9.30. The zero-order valence-corrected chi connectivity index (χ0v) is 15.3. The summed E-state index contributed by atoms with van der Waals surface area (Å²) >= 11 is 5.92. The third-order valence-corrected chi connectivity index (χ3v) is 4.40. The number of aromatic nitrogens is 2. The summed E-state index contributed by atoms with van der Waals surface area (Å²) in [5, 5.41) is 0.604. The predicted octanol–water partition coefficient (Wildman–Crippen LogP) is 5.77. The van der Waals surface area contributed by atoms with Crippen molar-refractivity contribution in [2.45, 2.75) is 38.5 Å². The molecule has 5 heteroatoms. The van der Waals surface area contributed by atoms with Gasteiger partial charge in [-0.25, -0.2) is 4.98 Å². The Kier molecular flexibility index (Phi) is 6.56. The summed E-state index contributed by atoms with van der Waals surface area (Å²) in [6.07, 6.45) is 8.76. The number of pyridine rings is 1. The molecule has 0 amide bonds. The van der Waals surface area contributed by atoms with Gasteiger partial charge in [-0.15, -0.1) is 0 Å². The van der Waals surface area contributed by atoms with Crippen molar-refractivity contribution in [2.75, 3.05) is 0 Å². The molecule has 0 fully saturated rings. The van der Waals surface area contributed by atoms with Crippen LogP contribution in [0.3, 0.4) is 0 Å². The van der Waals surface area contributed by atoms with Gasteiger partial charge in [0.25, 0.3) is 0 Å². The lowest BCUT2D eigenvalue weighted by atomic mass is 10.0. The zero-order chi connectivity index (χ0) is 18.2. The molecule has 134 valence electrons. The third-order valence-electron chi connectivity index (χ3n) is 4.16. The van der Waals surface area contributed by atoms with E-state index < -0.39 is 0 Å². The minimum Gasteiger partial charge on any atom is -0.439 e. The number of hydrogen-bond acceptors (Lipinski definition) is 4. The minimum absolute atomic E-state index is 0.153. The highest BCUT2D eigenvalue weighted by Gasteiger charge is 2.08. The number of rotatable bonds is 9. The van der Waals surface area contributed by atoms with Gasteiger partial charge in [0.05, 0.1) is 6.20 Å². The zero-order valence-electron chi connectivity index (χ0n) is 14.5. The van der Waals surface area contributed by atoms with Crippen LogP contribution < -0.4 is 0 Å². The Bertz CT molecular complexity index is 846. The van der Waals surface area contributed by atoms with Gasteiger partial charge in [0, 0.05) is 29.6 Å². The van der Waals surface area contributed by atoms with E-state index >= 15 is 0 Å². The first-order valence-corrected chi connectivity index (χ1v) is 9.25. The molecule has 0 unspecified atom stereocenters. The lowest BCUT2D eigenvalue weighted by molar-refractivity contribution is 0.0979. The van der Waals surface area contributed by atoms with E-state index in [0.717, 1.165) is 43.7 Å². The van der Waals surface area contributed by atoms with E-state index in [4.69, 9.17) is 16.0 Å². The fourth-order valence-electron chi connectivity index (χ4n) is 2.77. The molecule has 2 heterocycles. The summed E-state index contributed by atoms with van der Waals surface area (Å²) < 4.78 is 5.74. The number of benzene rings is 1. The van der Waals surface area contributed by atoms with E-state index in [9.17, 15) is 4.79 Å². The summed E-state index contributed by atoms with van der Waals surface area (Å²) in [5.74, 6) is 1.59. The van der Waals surface area contributed by atoms with Gasteiger partial charge >= 0.3 is 0 Å². The Morgan fingerprint density at radius 1 is 1.00 bits per heavy atom. The highest BCUT2D eigenvalue weighted by atomic mass is 35.5. The quantitative estimate of drug-likeness (QED) is 0.355. The van der Waals surface area contributed by atoms with Crippen LogP contribution in [0.1, 0.15) is 48.4 Å². The van der Waals surface area contributed by atoms with Crippen LogP contribution >= 0.6 is 11.6 Å². The van der Waals surface area contributed by atoms with Gasteiger partial charge in [-0.1, -0.05) is 42.6 Å². The first-order chi connectivity index (χ1) is 12.7. The maximum Gasteiger partial charge on any atom is 0.194 e. The van der Waals surface area contributed by atoms with E-state index in [-0.39, 0.29) is 5.78 Å². The van der Waals surface area contributed by atoms with Crippen molar-refractivity contribution in [2.24, 2.45) is 0 Å². The molecule has 4 nitrogen and oxygen atoms in total. The molecule has 0 aliphatic carbocycles. The molecule has 0 aliphatic rings. The number of carbonyl (C=O) groups excluding carboxylic acids is 1. The van der Waals surface area contributed by atoms with Crippen molar-refractivity contribution in [1.82, 2.24) is 9.97 Å². The van der Waals surface area contributed by atoms with Gasteiger partial charge in [-0.3, -0.25) is 9.78 Å². The normalized spacial score (nSPS) is 10.8. The second-order valence-electron chi connectivity index (χ2n) is 6.18. The van der Waals surface area contributed by atoms with Crippen molar-refractivity contribution in [3.05, 3.63) is 71.3 Å². The first-order valence-electron chi connectivity index (χ1n) is 8.87. The van der Waals surface area contributed by atoms with Gasteiger partial charge in [0.2, 0.25) is 0 Å². The van der Waals surface area contributed by atoms with Gasteiger partial charge in [0.15, 0.2) is 17.4 Å². The van der Waals surface area contributed by atoms with E-state index in [2.05, 4.69) is 9.97 Å². The van der Waals surface area contributed by atoms with Crippen LogP contribution in [0.4, 0.5) is 0 Å². The Hall–Kier alpha value is -2.46. The smallest absolute Gasteiger partial charge is 0.194 e. The number of hydrogen-bond donors (Lipinski definition) is 0. The molecule has 1 aromatic carbocycles. The summed E-state index contributed by atoms with van der Waals surface area (Å²) in [5.41, 5.74) is 1.49. The van der Waals surface area contributed by atoms with Crippen molar-refractivity contribution >= 4 is 17.4 Å². The maximum atomic E-state index is 12.1. The molecule has 0 saturated heterocycles. The van der Waals surface area contributed by atoms with Crippen molar-refractivity contribution < 1.29 is 9.21 Å². The van der Waals surface area contributed by atoms with Crippen LogP contribution in [-0.2, 0) is 6.42 Å². The molecular formula is C21H21ClN2O2. The van der Waals surface area contributed by atoms with Crippen LogP contribution in [0.2, 0.25) is 5.02 Å². The number of ketones is 1. The highest BCUT2D eigenvalue weighted by molar-refractivity contribution is 6.31. The van der Waals surface area contributed by atoms with Crippen molar-refractivity contribution in [1.29, 1.82) is 0 Å². The molecule has 3 aromatic rings. The molecular weight excluding hydrogens is 348 g/mol. The van der Waals surface area contributed by atoms with Gasteiger partial charge in [0.1, 0.15) is 5.69 Å². The molecule has 0 bridgehead atoms. The standard InChI is InChI=1S/C21H21ClN2O2/c22-17-9-7-8-16(14-17)19(25)11-3-1-2-4-12-21-24-15-20(26-21)18-10-5-6-13-23-18/h5-10,13-15H,1-4,11-12H2.